The van der Waals surface area contributed by atoms with E-state index in [4.69, 9.17) is 0 Å². The van der Waals surface area contributed by atoms with Crippen LogP contribution < -0.4 is 0 Å². The van der Waals surface area contributed by atoms with Crippen LogP contribution in [-0.4, -0.2) is 33.5 Å². The summed E-state index contributed by atoms with van der Waals surface area (Å²) in [7, 11) is 0. The number of amidine groups is 1. The van der Waals surface area contributed by atoms with Crippen LogP contribution >= 0.6 is 0 Å². The van der Waals surface area contributed by atoms with E-state index in [1.54, 1.807) is 12.1 Å². The molecule has 0 saturated heterocycles. The fourth-order valence-corrected chi connectivity index (χ4v) is 2.15. The van der Waals surface area contributed by atoms with E-state index in [-0.39, 0.29) is 28.1 Å². The van der Waals surface area contributed by atoms with Crippen molar-refractivity contribution in [2.45, 2.75) is 38.8 Å². The zero-order chi connectivity index (χ0) is 16.4. The van der Waals surface area contributed by atoms with Crippen molar-refractivity contribution in [1.82, 2.24) is 5.06 Å². The Kier molecular flexibility index (Phi) is 6.11. The number of hydrogen-bond acceptors (Lipinski definition) is 4. The molecule has 0 atom stereocenters. The Bertz CT molecular complexity index is 641. The fraction of sp³-hybridized carbons (Fsp3) is 0.333. The Morgan fingerprint density at radius 1 is 1.17 bits per heavy atom. The molecule has 23 heavy (non-hydrogen) atoms. The van der Waals surface area contributed by atoms with Crippen molar-refractivity contribution in [2.24, 2.45) is 4.99 Å². The number of aliphatic imine (C=N–C) groups is 1. The van der Waals surface area contributed by atoms with Crippen molar-refractivity contribution in [2.75, 3.05) is 0 Å². The van der Waals surface area contributed by atoms with Crippen LogP contribution in [0.1, 0.15) is 43.6 Å². The van der Waals surface area contributed by atoms with Crippen molar-refractivity contribution in [3.05, 3.63) is 59.7 Å². The van der Waals surface area contributed by atoms with Crippen molar-refractivity contribution >= 4 is 12.1 Å². The monoisotopic (exact) mass is 354 g/mol. The summed E-state index contributed by atoms with van der Waals surface area (Å²) in [4.78, 5) is 14.5. The van der Waals surface area contributed by atoms with Gasteiger partial charge in [0, 0.05) is 17.1 Å². The van der Waals surface area contributed by atoms with Crippen LogP contribution in [-0.2, 0) is 17.1 Å². The van der Waals surface area contributed by atoms with Gasteiger partial charge in [0.25, 0.3) is 0 Å². The van der Waals surface area contributed by atoms with Crippen LogP contribution in [0.3, 0.4) is 0 Å². The van der Waals surface area contributed by atoms with Crippen molar-refractivity contribution in [3.8, 4) is 0 Å². The molecule has 0 bridgehead atoms. The van der Waals surface area contributed by atoms with Crippen LogP contribution in [0, 0.1) is 0 Å². The van der Waals surface area contributed by atoms with Gasteiger partial charge in [-0.2, -0.15) is 12.1 Å². The molecule has 1 aliphatic rings. The third-order valence-electron chi connectivity index (χ3n) is 4.36. The zero-order valence-electron chi connectivity index (χ0n) is 13.8. The van der Waals surface area contributed by atoms with E-state index in [2.05, 4.69) is 4.99 Å². The van der Waals surface area contributed by atoms with Gasteiger partial charge in [-0.05, 0) is 27.7 Å². The Labute approximate surface area is 148 Å². The Morgan fingerprint density at radius 2 is 1.70 bits per heavy atom. The molecule has 0 fully saturated rings. The molecular formula is C18H22FeN2O2-6. The molecule has 1 N–H and O–H groups in total. The van der Waals surface area contributed by atoms with Crippen molar-refractivity contribution < 1.29 is 27.1 Å². The maximum Gasteiger partial charge on any atom is 0.0999 e. The molecule has 130 valence electrons. The minimum atomic E-state index is -0.375. The van der Waals surface area contributed by atoms with Crippen LogP contribution in [0.5, 0.6) is 0 Å². The van der Waals surface area contributed by atoms with Gasteiger partial charge in [-0.15, -0.1) is 0 Å². The molecule has 2 aromatic rings. The summed E-state index contributed by atoms with van der Waals surface area (Å²) >= 11 is 0. The third kappa shape index (κ3) is 3.81. The summed E-state index contributed by atoms with van der Waals surface area (Å²) < 4.78 is 0. The standard InChI is InChI=1S/C12H17N2O.C6H5O.Fe/c1-11(2)12(3,4)14(15)10(13-11)9-7-5-6-8-9;7-5-6-3-1-2-4-6;/h5-8,15H,1-4H3;1-5H;/q-1;-5;. The Morgan fingerprint density at radius 3 is 2.04 bits per heavy atom. The predicted molar refractivity (Wildman–Crippen MR) is 87.8 cm³/mol. The average Bonchev–Trinajstić information content (AvgIpc) is 3.18. The van der Waals surface area contributed by atoms with E-state index in [1.165, 1.54) is 5.06 Å². The Hall–Kier alpha value is -1.68. The second-order valence-corrected chi connectivity index (χ2v) is 6.37. The minimum Gasteiger partial charge on any atom is -0.721 e. The molecule has 0 spiro atoms. The number of hydrogen-bond donors (Lipinski definition) is 1. The smallest absolute Gasteiger partial charge is 0.0999 e. The SMILES string of the molecule is CC1(C)N=C([c-]2cccc2)N(O)C1(C)C.O=C[c-]1[cH-][cH-][cH-][cH-]1.[Fe]. The molecule has 0 aromatic heterocycles. The first kappa shape index (κ1) is 19.4. The summed E-state index contributed by atoms with van der Waals surface area (Å²) in [6.07, 6.45) is 0.833. The predicted octanol–water partition coefficient (Wildman–Crippen LogP) is 3.63. The van der Waals surface area contributed by atoms with Crippen LogP contribution in [0.2, 0.25) is 0 Å². The molecule has 3 rings (SSSR count). The van der Waals surface area contributed by atoms with E-state index in [0.29, 0.717) is 5.84 Å². The molecule has 1 aliphatic heterocycles. The normalized spacial score (nSPS) is 17.6. The molecule has 4 nitrogen and oxygen atoms in total. The second kappa shape index (κ2) is 7.26. The minimum absolute atomic E-state index is 0. The van der Waals surface area contributed by atoms with Gasteiger partial charge in [0.15, 0.2) is 0 Å². The van der Waals surface area contributed by atoms with Gasteiger partial charge in [-0.25, -0.2) is 17.2 Å². The molecule has 0 saturated carbocycles. The van der Waals surface area contributed by atoms with E-state index >= 15 is 0 Å². The second-order valence-electron chi connectivity index (χ2n) is 6.37. The Balaban J connectivity index is 0.000000280. The van der Waals surface area contributed by atoms with Crippen LogP contribution in [0.4, 0.5) is 0 Å². The fourth-order valence-electron chi connectivity index (χ4n) is 2.15. The zero-order valence-corrected chi connectivity index (χ0v) is 14.9. The number of carbonyl (C=O) groups excluding carboxylic acids is 1. The first-order chi connectivity index (χ1) is 10.3. The van der Waals surface area contributed by atoms with Gasteiger partial charge in [-0.3, -0.25) is 16.5 Å². The molecule has 0 aliphatic carbocycles. The van der Waals surface area contributed by atoms with Gasteiger partial charge in [0.2, 0.25) is 0 Å². The van der Waals surface area contributed by atoms with Crippen molar-refractivity contribution in [1.29, 1.82) is 0 Å². The number of nitrogens with zero attached hydrogens (tertiary/aromatic N) is 2. The molecule has 0 radical (unpaired) electrons. The summed E-state index contributed by atoms with van der Waals surface area (Å²) in [5.41, 5.74) is 1.06. The maximum atomic E-state index is 10.1. The molecule has 1 heterocycles. The third-order valence-corrected chi connectivity index (χ3v) is 4.36. The largest absolute Gasteiger partial charge is 0.721 e. The summed E-state index contributed by atoms with van der Waals surface area (Å²) in [5.74, 6) is 0.662. The summed E-state index contributed by atoms with van der Waals surface area (Å²) in [6.45, 7) is 8.05. The molecule has 0 unspecified atom stereocenters. The summed E-state index contributed by atoms with van der Waals surface area (Å²) in [5, 5.41) is 11.4. The topological polar surface area (TPSA) is 52.9 Å². The number of rotatable bonds is 2. The van der Waals surface area contributed by atoms with Crippen LogP contribution in [0.15, 0.2) is 53.5 Å². The molecule has 0 amide bonds. The number of carbonyl (C=O) groups is 1. The number of aldehydes is 1. The molecular weight excluding hydrogens is 332 g/mol. The average molecular weight is 354 g/mol. The van der Waals surface area contributed by atoms with Gasteiger partial charge in [0.05, 0.1) is 16.9 Å². The van der Waals surface area contributed by atoms with E-state index in [1.807, 2.05) is 64.1 Å². The maximum absolute atomic E-state index is 10.1. The van der Waals surface area contributed by atoms with Gasteiger partial charge >= 0.3 is 0 Å². The van der Waals surface area contributed by atoms with E-state index in [0.717, 1.165) is 17.4 Å². The van der Waals surface area contributed by atoms with Crippen molar-refractivity contribution in [3.63, 3.8) is 0 Å². The summed E-state index contributed by atoms with van der Waals surface area (Å²) in [6, 6.07) is 15.0. The molecule has 5 heteroatoms. The van der Waals surface area contributed by atoms with Gasteiger partial charge in [0.1, 0.15) is 0 Å². The van der Waals surface area contributed by atoms with E-state index < -0.39 is 0 Å². The van der Waals surface area contributed by atoms with Gasteiger partial charge < -0.3 is 34.6 Å². The molecule has 2 aromatic carbocycles. The quantitative estimate of drug-likeness (QED) is 0.509. The van der Waals surface area contributed by atoms with E-state index in [9.17, 15) is 10.0 Å². The van der Waals surface area contributed by atoms with Gasteiger partial charge in [-0.1, -0.05) is 5.56 Å². The first-order valence-corrected chi connectivity index (χ1v) is 7.27. The first-order valence-electron chi connectivity index (χ1n) is 7.27. The van der Waals surface area contributed by atoms with Crippen LogP contribution in [0.25, 0.3) is 0 Å². The number of hydroxylamine groups is 2.